The average molecular weight is 352 g/mol. The fourth-order valence-corrected chi connectivity index (χ4v) is 2.78. The van der Waals surface area contributed by atoms with Crippen molar-refractivity contribution in [1.82, 2.24) is 0 Å². The van der Waals surface area contributed by atoms with E-state index < -0.39 is 0 Å². The minimum atomic E-state index is -0.354. The highest BCUT2D eigenvalue weighted by atomic mass is 79.9. The number of halogens is 2. The van der Waals surface area contributed by atoms with Crippen molar-refractivity contribution < 1.29 is 9.13 Å². The number of thioether (sulfide) groups is 1. The Kier molecular flexibility index (Phi) is 5.05. The van der Waals surface area contributed by atoms with Crippen molar-refractivity contribution in [1.29, 1.82) is 5.26 Å². The number of ether oxygens (including phenoxy) is 1. The SMILES string of the molecule is CCSc1cccc(Oc2ccc(F)c(Br)c2)c1C#N. The first-order valence-electron chi connectivity index (χ1n) is 5.94. The van der Waals surface area contributed by atoms with E-state index in [0.29, 0.717) is 21.5 Å². The Labute approximate surface area is 129 Å². The molecule has 0 radical (unpaired) electrons. The highest BCUT2D eigenvalue weighted by molar-refractivity contribution is 9.10. The molecule has 0 spiro atoms. The molecule has 2 nitrogen and oxygen atoms in total. The van der Waals surface area contributed by atoms with Gasteiger partial charge in [0, 0.05) is 4.90 Å². The van der Waals surface area contributed by atoms with Crippen molar-refractivity contribution in [3.05, 3.63) is 52.3 Å². The molecule has 0 bridgehead atoms. The zero-order valence-corrected chi connectivity index (χ0v) is 13.1. The number of nitrogens with zero attached hydrogens (tertiary/aromatic N) is 1. The smallest absolute Gasteiger partial charge is 0.146 e. The zero-order valence-electron chi connectivity index (χ0n) is 10.7. The van der Waals surface area contributed by atoms with Crippen LogP contribution in [0.15, 0.2) is 45.8 Å². The van der Waals surface area contributed by atoms with Crippen molar-refractivity contribution in [3.8, 4) is 17.6 Å². The van der Waals surface area contributed by atoms with Gasteiger partial charge in [0.1, 0.15) is 28.9 Å². The van der Waals surface area contributed by atoms with Crippen LogP contribution in [0.2, 0.25) is 0 Å². The van der Waals surface area contributed by atoms with Crippen LogP contribution in [-0.2, 0) is 0 Å². The summed E-state index contributed by atoms with van der Waals surface area (Å²) in [5, 5.41) is 9.29. The van der Waals surface area contributed by atoms with Crippen molar-refractivity contribution in [3.63, 3.8) is 0 Å². The predicted molar refractivity (Wildman–Crippen MR) is 81.7 cm³/mol. The van der Waals surface area contributed by atoms with E-state index in [2.05, 4.69) is 22.0 Å². The van der Waals surface area contributed by atoms with E-state index >= 15 is 0 Å². The molecule has 0 amide bonds. The van der Waals surface area contributed by atoms with E-state index in [-0.39, 0.29) is 5.82 Å². The Morgan fingerprint density at radius 3 is 2.80 bits per heavy atom. The molecule has 2 rings (SSSR count). The maximum atomic E-state index is 13.2. The Hall–Kier alpha value is -1.51. The second-order valence-corrected chi connectivity index (χ2v) is 6.01. The summed E-state index contributed by atoms with van der Waals surface area (Å²) in [5.74, 6) is 1.48. The molecular formula is C15H11BrFNOS. The summed E-state index contributed by atoms with van der Waals surface area (Å²) in [6, 6.07) is 12.0. The van der Waals surface area contributed by atoms with Gasteiger partial charge in [0.05, 0.1) is 4.47 Å². The molecule has 0 unspecified atom stereocenters. The van der Waals surface area contributed by atoms with Crippen LogP contribution in [0.25, 0.3) is 0 Å². The van der Waals surface area contributed by atoms with Gasteiger partial charge in [-0.25, -0.2) is 4.39 Å². The Balaban J connectivity index is 2.35. The van der Waals surface area contributed by atoms with Crippen LogP contribution < -0.4 is 4.74 Å². The van der Waals surface area contributed by atoms with Crippen molar-refractivity contribution >= 4 is 27.7 Å². The molecule has 2 aromatic carbocycles. The molecule has 0 N–H and O–H groups in total. The van der Waals surface area contributed by atoms with Gasteiger partial charge >= 0.3 is 0 Å². The molecule has 0 fully saturated rings. The third-order valence-electron chi connectivity index (χ3n) is 2.52. The number of benzene rings is 2. The fraction of sp³-hybridized carbons (Fsp3) is 0.133. The van der Waals surface area contributed by atoms with Crippen LogP contribution >= 0.6 is 27.7 Å². The molecule has 102 valence electrons. The monoisotopic (exact) mass is 351 g/mol. The van der Waals surface area contributed by atoms with Crippen LogP contribution in [-0.4, -0.2) is 5.75 Å². The second kappa shape index (κ2) is 6.78. The maximum absolute atomic E-state index is 13.2. The predicted octanol–water partition coefficient (Wildman–Crippen LogP) is 5.36. The quantitative estimate of drug-likeness (QED) is 0.694. The summed E-state index contributed by atoms with van der Waals surface area (Å²) in [4.78, 5) is 0.883. The van der Waals surface area contributed by atoms with E-state index in [4.69, 9.17) is 4.74 Å². The second-order valence-electron chi connectivity index (χ2n) is 3.85. The molecular weight excluding hydrogens is 341 g/mol. The summed E-state index contributed by atoms with van der Waals surface area (Å²) >= 11 is 4.70. The zero-order chi connectivity index (χ0) is 14.5. The first-order valence-corrected chi connectivity index (χ1v) is 7.72. The number of hydrogen-bond acceptors (Lipinski definition) is 3. The van der Waals surface area contributed by atoms with Gasteiger partial charge < -0.3 is 4.74 Å². The van der Waals surface area contributed by atoms with Gasteiger partial charge in [-0.05, 0) is 52.0 Å². The molecule has 0 aliphatic carbocycles. The van der Waals surface area contributed by atoms with Crippen LogP contribution in [0.3, 0.4) is 0 Å². The van der Waals surface area contributed by atoms with E-state index in [0.717, 1.165) is 10.6 Å². The van der Waals surface area contributed by atoms with Gasteiger partial charge in [-0.15, -0.1) is 11.8 Å². The van der Waals surface area contributed by atoms with Crippen LogP contribution in [0.1, 0.15) is 12.5 Å². The fourth-order valence-electron chi connectivity index (χ4n) is 1.65. The molecule has 0 aliphatic rings. The highest BCUT2D eigenvalue weighted by Gasteiger charge is 2.11. The summed E-state index contributed by atoms with van der Waals surface area (Å²) in [6.07, 6.45) is 0. The molecule has 0 aliphatic heterocycles. The van der Waals surface area contributed by atoms with Gasteiger partial charge in [0.2, 0.25) is 0 Å². The first kappa shape index (κ1) is 14.9. The van der Waals surface area contributed by atoms with Crippen LogP contribution in [0.5, 0.6) is 11.5 Å². The van der Waals surface area contributed by atoms with Crippen LogP contribution in [0.4, 0.5) is 4.39 Å². The third-order valence-corrected chi connectivity index (χ3v) is 4.07. The van der Waals surface area contributed by atoms with E-state index in [9.17, 15) is 9.65 Å². The molecule has 2 aromatic rings. The van der Waals surface area contributed by atoms with Gasteiger partial charge in [0.15, 0.2) is 0 Å². The number of rotatable bonds is 4. The lowest BCUT2D eigenvalue weighted by Gasteiger charge is -2.10. The van der Waals surface area contributed by atoms with Gasteiger partial charge in [-0.3, -0.25) is 0 Å². The standard InChI is InChI=1S/C15H11BrFNOS/c1-2-20-15-5-3-4-14(11(15)9-18)19-10-6-7-13(17)12(16)8-10/h3-8H,2H2,1H3. The highest BCUT2D eigenvalue weighted by Crippen LogP contribution is 2.33. The van der Waals surface area contributed by atoms with Gasteiger partial charge in [-0.1, -0.05) is 13.0 Å². The van der Waals surface area contributed by atoms with Crippen molar-refractivity contribution in [2.45, 2.75) is 11.8 Å². The topological polar surface area (TPSA) is 33.0 Å². The normalized spacial score (nSPS) is 10.1. The number of hydrogen-bond donors (Lipinski definition) is 0. The summed E-state index contributed by atoms with van der Waals surface area (Å²) in [6.45, 7) is 2.02. The summed E-state index contributed by atoms with van der Waals surface area (Å²) in [7, 11) is 0. The molecule has 0 aromatic heterocycles. The van der Waals surface area contributed by atoms with Gasteiger partial charge in [0.25, 0.3) is 0 Å². The Morgan fingerprint density at radius 1 is 1.35 bits per heavy atom. The molecule has 0 saturated carbocycles. The van der Waals surface area contributed by atoms with Gasteiger partial charge in [-0.2, -0.15) is 5.26 Å². The average Bonchev–Trinajstić information content (AvgIpc) is 2.44. The molecule has 5 heteroatoms. The number of nitriles is 1. The third kappa shape index (κ3) is 3.33. The van der Waals surface area contributed by atoms with Crippen molar-refractivity contribution in [2.75, 3.05) is 5.75 Å². The maximum Gasteiger partial charge on any atom is 0.146 e. The Morgan fingerprint density at radius 2 is 2.15 bits per heavy atom. The minimum absolute atomic E-state index is 0.326. The molecule has 0 atom stereocenters. The Bertz CT molecular complexity index is 669. The van der Waals surface area contributed by atoms with E-state index in [1.165, 1.54) is 18.2 Å². The molecule has 20 heavy (non-hydrogen) atoms. The lowest BCUT2D eigenvalue weighted by molar-refractivity contribution is 0.477. The van der Waals surface area contributed by atoms with E-state index in [1.807, 2.05) is 19.1 Å². The summed E-state index contributed by atoms with van der Waals surface area (Å²) < 4.78 is 19.2. The lowest BCUT2D eigenvalue weighted by Crippen LogP contribution is -1.91. The largest absolute Gasteiger partial charge is 0.456 e. The van der Waals surface area contributed by atoms with E-state index in [1.54, 1.807) is 17.8 Å². The lowest BCUT2D eigenvalue weighted by atomic mass is 10.2. The molecule has 0 heterocycles. The van der Waals surface area contributed by atoms with Crippen LogP contribution in [0, 0.1) is 17.1 Å². The van der Waals surface area contributed by atoms with Crippen molar-refractivity contribution in [2.24, 2.45) is 0 Å². The minimum Gasteiger partial charge on any atom is -0.456 e. The molecule has 0 saturated heterocycles. The first-order chi connectivity index (χ1) is 9.65. The summed E-state index contributed by atoms with van der Waals surface area (Å²) in [5.41, 5.74) is 0.500.